The highest BCUT2D eigenvalue weighted by atomic mass is 15.3. The largest absolute Gasteiger partial charge is 0.398 e. The molecule has 0 spiro atoms. The Kier molecular flexibility index (Phi) is 4.06. The van der Waals surface area contributed by atoms with Crippen LogP contribution in [0, 0.1) is 6.92 Å². The van der Waals surface area contributed by atoms with Crippen molar-refractivity contribution < 1.29 is 0 Å². The number of aromatic nitrogens is 1. The number of nitrogens with two attached hydrogens (primary N) is 1. The first-order valence-corrected chi connectivity index (χ1v) is 7.46. The molecule has 2 N–H and O–H groups in total. The standard InChI is InChI=1S/C17H22N4/c1-14-12-19-17(11-16(14)18)21-9-7-20(8-10-21)13-15-5-3-2-4-6-15/h2-6,11-12H,7-10,13H2,1H3,(H2,18,19). The monoisotopic (exact) mass is 282 g/mol. The van der Waals surface area contributed by atoms with Crippen LogP contribution in [0.3, 0.4) is 0 Å². The van der Waals surface area contributed by atoms with Gasteiger partial charge in [0.2, 0.25) is 0 Å². The lowest BCUT2D eigenvalue weighted by molar-refractivity contribution is 0.249. The molecule has 4 heteroatoms. The van der Waals surface area contributed by atoms with Crippen LogP contribution in [0.15, 0.2) is 42.6 Å². The van der Waals surface area contributed by atoms with Crippen molar-refractivity contribution in [3.8, 4) is 0 Å². The van der Waals surface area contributed by atoms with Crippen molar-refractivity contribution in [3.63, 3.8) is 0 Å². The minimum absolute atomic E-state index is 0.826. The van der Waals surface area contributed by atoms with Gasteiger partial charge in [-0.25, -0.2) is 4.98 Å². The van der Waals surface area contributed by atoms with Crippen molar-refractivity contribution in [2.45, 2.75) is 13.5 Å². The Hall–Kier alpha value is -2.07. The molecule has 110 valence electrons. The molecule has 1 aromatic carbocycles. The lowest BCUT2D eigenvalue weighted by atomic mass is 10.2. The SMILES string of the molecule is Cc1cnc(N2CCN(Cc3ccccc3)CC2)cc1N. The van der Waals surface area contributed by atoms with Gasteiger partial charge in [-0.3, -0.25) is 4.90 Å². The Bertz CT molecular complexity index is 589. The van der Waals surface area contributed by atoms with Gasteiger partial charge in [0.1, 0.15) is 5.82 Å². The van der Waals surface area contributed by atoms with E-state index in [0.29, 0.717) is 0 Å². The van der Waals surface area contributed by atoms with Gasteiger partial charge in [-0.15, -0.1) is 0 Å². The summed E-state index contributed by atoms with van der Waals surface area (Å²) in [4.78, 5) is 9.31. The van der Waals surface area contributed by atoms with E-state index in [1.54, 1.807) is 0 Å². The Morgan fingerprint density at radius 2 is 1.81 bits per heavy atom. The predicted molar refractivity (Wildman–Crippen MR) is 87.3 cm³/mol. The van der Waals surface area contributed by atoms with E-state index in [9.17, 15) is 0 Å². The van der Waals surface area contributed by atoms with Crippen molar-refractivity contribution in [3.05, 3.63) is 53.7 Å². The number of benzene rings is 1. The molecule has 0 bridgehead atoms. The molecule has 2 heterocycles. The topological polar surface area (TPSA) is 45.4 Å². The maximum absolute atomic E-state index is 5.98. The molecule has 0 saturated carbocycles. The fourth-order valence-electron chi connectivity index (χ4n) is 2.68. The van der Waals surface area contributed by atoms with E-state index >= 15 is 0 Å². The maximum atomic E-state index is 5.98. The molecule has 1 aliphatic rings. The van der Waals surface area contributed by atoms with Gasteiger partial charge < -0.3 is 10.6 Å². The van der Waals surface area contributed by atoms with Crippen molar-refractivity contribution in [1.29, 1.82) is 0 Å². The molecule has 0 radical (unpaired) electrons. The van der Waals surface area contributed by atoms with Crippen LogP contribution in [0.5, 0.6) is 0 Å². The van der Waals surface area contributed by atoms with E-state index in [0.717, 1.165) is 49.8 Å². The molecule has 1 aromatic heterocycles. The molecular weight excluding hydrogens is 260 g/mol. The average molecular weight is 282 g/mol. The van der Waals surface area contributed by atoms with E-state index in [1.807, 2.05) is 19.2 Å². The highest BCUT2D eigenvalue weighted by Gasteiger charge is 2.18. The summed E-state index contributed by atoms with van der Waals surface area (Å²) in [5, 5.41) is 0. The lowest BCUT2D eigenvalue weighted by Gasteiger charge is -2.35. The van der Waals surface area contributed by atoms with Crippen molar-refractivity contribution >= 4 is 11.5 Å². The second-order valence-electron chi connectivity index (χ2n) is 5.65. The number of hydrogen-bond acceptors (Lipinski definition) is 4. The minimum atomic E-state index is 0.826. The van der Waals surface area contributed by atoms with Crippen LogP contribution in [-0.2, 0) is 6.54 Å². The highest BCUT2D eigenvalue weighted by Crippen LogP contribution is 2.19. The van der Waals surface area contributed by atoms with Crippen LogP contribution in [-0.4, -0.2) is 36.1 Å². The summed E-state index contributed by atoms with van der Waals surface area (Å²) in [6.45, 7) is 7.14. The zero-order chi connectivity index (χ0) is 14.7. The summed E-state index contributed by atoms with van der Waals surface area (Å²) in [7, 11) is 0. The van der Waals surface area contributed by atoms with Crippen molar-refractivity contribution in [1.82, 2.24) is 9.88 Å². The zero-order valence-electron chi connectivity index (χ0n) is 12.5. The van der Waals surface area contributed by atoms with Gasteiger partial charge in [0, 0.05) is 50.7 Å². The molecule has 4 nitrogen and oxygen atoms in total. The van der Waals surface area contributed by atoms with E-state index in [1.165, 1.54) is 5.56 Å². The summed E-state index contributed by atoms with van der Waals surface area (Å²) in [5.74, 6) is 0.998. The highest BCUT2D eigenvalue weighted by molar-refractivity contribution is 5.54. The first kappa shape index (κ1) is 13.9. The van der Waals surface area contributed by atoms with E-state index in [-0.39, 0.29) is 0 Å². The number of anilines is 2. The Balaban J connectivity index is 1.58. The molecule has 2 aromatic rings. The Morgan fingerprint density at radius 1 is 1.10 bits per heavy atom. The third-order valence-electron chi connectivity index (χ3n) is 4.08. The van der Waals surface area contributed by atoms with Gasteiger partial charge in [0.05, 0.1) is 0 Å². The summed E-state index contributed by atoms with van der Waals surface area (Å²) in [5.41, 5.74) is 9.23. The summed E-state index contributed by atoms with van der Waals surface area (Å²) >= 11 is 0. The number of pyridine rings is 1. The fourth-order valence-corrected chi connectivity index (χ4v) is 2.68. The number of nitrogens with zero attached hydrogens (tertiary/aromatic N) is 3. The van der Waals surface area contributed by atoms with Crippen LogP contribution in [0.25, 0.3) is 0 Å². The molecule has 21 heavy (non-hydrogen) atoms. The molecule has 1 fully saturated rings. The van der Waals surface area contributed by atoms with E-state index < -0.39 is 0 Å². The summed E-state index contributed by atoms with van der Waals surface area (Å²) in [6, 6.07) is 12.6. The van der Waals surface area contributed by atoms with Gasteiger partial charge in [0.25, 0.3) is 0 Å². The van der Waals surface area contributed by atoms with Gasteiger partial charge >= 0.3 is 0 Å². The minimum Gasteiger partial charge on any atom is -0.398 e. The molecule has 0 atom stereocenters. The number of rotatable bonds is 3. The first-order valence-electron chi connectivity index (χ1n) is 7.46. The van der Waals surface area contributed by atoms with Crippen LogP contribution < -0.4 is 10.6 Å². The van der Waals surface area contributed by atoms with Gasteiger partial charge in [-0.1, -0.05) is 30.3 Å². The number of hydrogen-bond donors (Lipinski definition) is 1. The van der Waals surface area contributed by atoms with Crippen LogP contribution >= 0.6 is 0 Å². The van der Waals surface area contributed by atoms with Crippen LogP contribution in [0.2, 0.25) is 0 Å². The second-order valence-corrected chi connectivity index (χ2v) is 5.65. The van der Waals surface area contributed by atoms with Gasteiger partial charge in [0.15, 0.2) is 0 Å². The molecule has 1 saturated heterocycles. The lowest BCUT2D eigenvalue weighted by Crippen LogP contribution is -2.46. The first-order chi connectivity index (χ1) is 10.2. The third kappa shape index (κ3) is 3.34. The third-order valence-corrected chi connectivity index (χ3v) is 4.08. The quantitative estimate of drug-likeness (QED) is 0.938. The summed E-state index contributed by atoms with van der Waals surface area (Å²) < 4.78 is 0. The van der Waals surface area contributed by atoms with Crippen molar-refractivity contribution in [2.75, 3.05) is 36.8 Å². The Labute approximate surface area is 126 Å². The fraction of sp³-hybridized carbons (Fsp3) is 0.353. The van der Waals surface area contributed by atoms with E-state index in [4.69, 9.17) is 5.73 Å². The normalized spacial score (nSPS) is 16.1. The van der Waals surface area contributed by atoms with Gasteiger partial charge in [-0.2, -0.15) is 0 Å². The second kappa shape index (κ2) is 6.14. The molecule has 3 rings (SSSR count). The maximum Gasteiger partial charge on any atom is 0.130 e. The molecule has 1 aliphatic heterocycles. The van der Waals surface area contributed by atoms with Crippen LogP contribution in [0.4, 0.5) is 11.5 Å². The molecule has 0 unspecified atom stereocenters. The average Bonchev–Trinajstić information content (AvgIpc) is 2.52. The smallest absolute Gasteiger partial charge is 0.130 e. The van der Waals surface area contributed by atoms with Crippen LogP contribution in [0.1, 0.15) is 11.1 Å². The van der Waals surface area contributed by atoms with Crippen molar-refractivity contribution in [2.24, 2.45) is 0 Å². The zero-order valence-corrected chi connectivity index (χ0v) is 12.5. The molecule has 0 amide bonds. The van der Waals surface area contributed by atoms with Gasteiger partial charge in [-0.05, 0) is 18.1 Å². The number of piperazine rings is 1. The Morgan fingerprint density at radius 3 is 2.48 bits per heavy atom. The predicted octanol–water partition coefficient (Wildman–Crippen LogP) is 2.29. The molecular formula is C17H22N4. The number of aryl methyl sites for hydroxylation is 1. The van der Waals surface area contributed by atoms with E-state index in [2.05, 4.69) is 45.1 Å². The molecule has 0 aliphatic carbocycles. The summed E-state index contributed by atoms with van der Waals surface area (Å²) in [6.07, 6.45) is 1.86. The number of nitrogen functional groups attached to an aromatic ring is 1.